The van der Waals surface area contributed by atoms with Crippen LogP contribution in [0.4, 0.5) is 4.79 Å². The van der Waals surface area contributed by atoms with Crippen molar-refractivity contribution >= 4 is 23.7 Å². The molecule has 2 fully saturated rings. The first-order chi connectivity index (χ1) is 12.6. The number of thioether (sulfide) groups is 1. The van der Waals surface area contributed by atoms with Gasteiger partial charge in [-0.1, -0.05) is 30.0 Å². The van der Waals surface area contributed by atoms with E-state index in [1.54, 1.807) is 6.92 Å². The van der Waals surface area contributed by atoms with E-state index in [9.17, 15) is 9.59 Å². The largest absolute Gasteiger partial charge is 0.335 e. The highest BCUT2D eigenvalue weighted by molar-refractivity contribution is 8.00. The van der Waals surface area contributed by atoms with Crippen LogP contribution in [0.1, 0.15) is 44.3 Å². The second-order valence-electron chi connectivity index (χ2n) is 6.77. The van der Waals surface area contributed by atoms with E-state index in [0.717, 1.165) is 37.2 Å². The zero-order valence-corrected chi connectivity index (χ0v) is 15.3. The normalized spacial score (nSPS) is 17.6. The molecular formula is C18H21N5O2S. The van der Waals surface area contributed by atoms with Crippen LogP contribution in [0, 0.1) is 0 Å². The summed E-state index contributed by atoms with van der Waals surface area (Å²) in [7, 11) is 0. The number of hydrogen-bond donors (Lipinski definition) is 2. The van der Waals surface area contributed by atoms with Crippen LogP contribution in [-0.4, -0.2) is 38.0 Å². The van der Waals surface area contributed by atoms with Gasteiger partial charge in [0.1, 0.15) is 5.82 Å². The van der Waals surface area contributed by atoms with E-state index in [2.05, 4.69) is 20.7 Å². The number of carbonyl (C=O) groups excluding carboxylic acids is 2. The molecule has 0 aliphatic heterocycles. The Hall–Kier alpha value is -2.35. The molecule has 1 atom stereocenters. The Kier molecular flexibility index (Phi) is 4.67. The zero-order valence-electron chi connectivity index (χ0n) is 14.5. The van der Waals surface area contributed by atoms with Crippen LogP contribution in [0.25, 0.3) is 5.69 Å². The summed E-state index contributed by atoms with van der Waals surface area (Å²) >= 11 is 1.27. The van der Waals surface area contributed by atoms with Gasteiger partial charge in [0.2, 0.25) is 11.1 Å². The Morgan fingerprint density at radius 1 is 1.19 bits per heavy atom. The molecule has 3 amide bonds. The summed E-state index contributed by atoms with van der Waals surface area (Å²) in [5, 5.41) is 9.82. The van der Waals surface area contributed by atoms with Crippen molar-refractivity contribution < 1.29 is 9.59 Å². The molecule has 26 heavy (non-hydrogen) atoms. The number of rotatable bonds is 6. The van der Waals surface area contributed by atoms with Crippen LogP contribution in [-0.2, 0) is 4.79 Å². The van der Waals surface area contributed by atoms with Gasteiger partial charge in [-0.15, -0.1) is 5.10 Å². The number of aromatic nitrogens is 3. The standard InChI is InChI=1S/C18H21N5O2S/c1-11(16(24)21-17(25)19-13-9-10-13)26-18-20-15(12-7-8-12)23(22-18)14-5-3-2-4-6-14/h2-6,11-13H,7-10H2,1H3,(H2,19,21,24,25). The molecule has 2 aromatic rings. The average Bonchev–Trinajstić information content (AvgIpc) is 3.56. The number of imide groups is 1. The first kappa shape index (κ1) is 17.1. The van der Waals surface area contributed by atoms with E-state index in [0.29, 0.717) is 11.1 Å². The monoisotopic (exact) mass is 371 g/mol. The topological polar surface area (TPSA) is 88.9 Å². The minimum Gasteiger partial charge on any atom is -0.335 e. The van der Waals surface area contributed by atoms with E-state index >= 15 is 0 Å². The minimum absolute atomic E-state index is 0.218. The lowest BCUT2D eigenvalue weighted by Gasteiger charge is -2.09. The summed E-state index contributed by atoms with van der Waals surface area (Å²) in [6.45, 7) is 1.75. The first-order valence-corrected chi connectivity index (χ1v) is 9.78. The molecule has 2 aliphatic carbocycles. The van der Waals surface area contributed by atoms with Crippen molar-refractivity contribution in [1.29, 1.82) is 0 Å². The fourth-order valence-corrected chi connectivity index (χ4v) is 3.35. The molecule has 8 heteroatoms. The van der Waals surface area contributed by atoms with Gasteiger partial charge in [-0.3, -0.25) is 10.1 Å². The van der Waals surface area contributed by atoms with Crippen LogP contribution >= 0.6 is 11.8 Å². The number of carbonyl (C=O) groups is 2. The summed E-state index contributed by atoms with van der Waals surface area (Å²) in [6, 6.07) is 9.68. The lowest BCUT2D eigenvalue weighted by molar-refractivity contribution is -0.119. The highest BCUT2D eigenvalue weighted by Crippen LogP contribution is 2.40. The van der Waals surface area contributed by atoms with Crippen LogP contribution in [0.3, 0.4) is 0 Å². The summed E-state index contributed by atoms with van der Waals surface area (Å²) in [5.41, 5.74) is 0.967. The maximum absolute atomic E-state index is 12.2. The molecular weight excluding hydrogens is 350 g/mol. The van der Waals surface area contributed by atoms with Gasteiger partial charge in [0.15, 0.2) is 0 Å². The van der Waals surface area contributed by atoms with Crippen molar-refractivity contribution in [3.05, 3.63) is 36.2 Å². The predicted molar refractivity (Wildman–Crippen MR) is 98.3 cm³/mol. The van der Waals surface area contributed by atoms with E-state index in [4.69, 9.17) is 0 Å². The molecule has 0 spiro atoms. The molecule has 2 aliphatic rings. The predicted octanol–water partition coefficient (Wildman–Crippen LogP) is 2.61. The molecule has 4 rings (SSSR count). The molecule has 1 unspecified atom stereocenters. The van der Waals surface area contributed by atoms with Gasteiger partial charge in [-0.2, -0.15) is 0 Å². The molecule has 1 heterocycles. The Morgan fingerprint density at radius 2 is 1.92 bits per heavy atom. The maximum atomic E-state index is 12.2. The minimum atomic E-state index is -0.460. The molecule has 0 radical (unpaired) electrons. The number of para-hydroxylation sites is 1. The third kappa shape index (κ3) is 4.07. The lowest BCUT2D eigenvalue weighted by Crippen LogP contribution is -2.43. The fourth-order valence-electron chi connectivity index (χ4n) is 2.59. The number of benzene rings is 1. The Labute approximate surface area is 155 Å². The van der Waals surface area contributed by atoms with Gasteiger partial charge >= 0.3 is 6.03 Å². The third-order valence-electron chi connectivity index (χ3n) is 4.36. The molecule has 136 valence electrons. The molecule has 0 saturated heterocycles. The molecule has 2 N–H and O–H groups in total. The Bertz CT molecular complexity index is 814. The molecule has 1 aromatic carbocycles. The van der Waals surface area contributed by atoms with Gasteiger partial charge in [0.05, 0.1) is 10.9 Å². The van der Waals surface area contributed by atoms with Crippen LogP contribution in [0.2, 0.25) is 0 Å². The van der Waals surface area contributed by atoms with Gasteiger partial charge in [0.25, 0.3) is 0 Å². The lowest BCUT2D eigenvalue weighted by atomic mass is 10.3. The first-order valence-electron chi connectivity index (χ1n) is 8.90. The molecule has 7 nitrogen and oxygen atoms in total. The summed E-state index contributed by atoms with van der Waals surface area (Å²) in [5.74, 6) is 1.04. The molecule has 1 aromatic heterocycles. The molecule has 0 bridgehead atoms. The van der Waals surface area contributed by atoms with Crippen molar-refractivity contribution in [2.45, 2.75) is 55.0 Å². The average molecular weight is 371 g/mol. The number of nitrogens with one attached hydrogen (secondary N) is 2. The number of urea groups is 1. The second-order valence-corrected chi connectivity index (χ2v) is 8.08. The van der Waals surface area contributed by atoms with Gasteiger partial charge < -0.3 is 5.32 Å². The van der Waals surface area contributed by atoms with Crippen molar-refractivity contribution in [2.24, 2.45) is 0 Å². The number of hydrogen-bond acceptors (Lipinski definition) is 5. The SMILES string of the molecule is CC(Sc1nc(C2CC2)n(-c2ccccc2)n1)C(=O)NC(=O)NC1CC1. The van der Waals surface area contributed by atoms with Crippen molar-refractivity contribution in [1.82, 2.24) is 25.4 Å². The molecule has 2 saturated carbocycles. The smallest absolute Gasteiger partial charge is 0.321 e. The van der Waals surface area contributed by atoms with E-state index in [1.807, 2.05) is 35.0 Å². The van der Waals surface area contributed by atoms with E-state index < -0.39 is 11.3 Å². The van der Waals surface area contributed by atoms with E-state index in [1.165, 1.54) is 11.8 Å². The number of amides is 3. The van der Waals surface area contributed by atoms with E-state index in [-0.39, 0.29) is 11.9 Å². The quantitative estimate of drug-likeness (QED) is 0.762. The summed E-state index contributed by atoms with van der Waals surface area (Å²) in [4.78, 5) is 28.6. The highest BCUT2D eigenvalue weighted by atomic mass is 32.2. The number of nitrogens with zero attached hydrogens (tertiary/aromatic N) is 3. The van der Waals surface area contributed by atoms with Crippen LogP contribution in [0.5, 0.6) is 0 Å². The highest BCUT2D eigenvalue weighted by Gasteiger charge is 2.31. The Morgan fingerprint density at radius 3 is 2.58 bits per heavy atom. The summed E-state index contributed by atoms with van der Waals surface area (Å²) < 4.78 is 1.87. The van der Waals surface area contributed by atoms with Crippen LogP contribution < -0.4 is 10.6 Å². The second kappa shape index (κ2) is 7.11. The Balaban J connectivity index is 1.44. The van der Waals surface area contributed by atoms with Crippen molar-refractivity contribution in [3.63, 3.8) is 0 Å². The zero-order chi connectivity index (χ0) is 18.1. The fraction of sp³-hybridized carbons (Fsp3) is 0.444. The maximum Gasteiger partial charge on any atom is 0.321 e. The third-order valence-corrected chi connectivity index (χ3v) is 5.31. The van der Waals surface area contributed by atoms with Gasteiger partial charge in [-0.25, -0.2) is 14.5 Å². The van der Waals surface area contributed by atoms with Crippen molar-refractivity contribution in [2.75, 3.05) is 0 Å². The van der Waals surface area contributed by atoms with Gasteiger partial charge in [0, 0.05) is 12.0 Å². The van der Waals surface area contributed by atoms with Crippen molar-refractivity contribution in [3.8, 4) is 5.69 Å². The van der Waals surface area contributed by atoms with Gasteiger partial charge in [-0.05, 0) is 44.7 Å². The van der Waals surface area contributed by atoms with Crippen LogP contribution in [0.15, 0.2) is 35.5 Å². The summed E-state index contributed by atoms with van der Waals surface area (Å²) in [6.07, 6.45) is 4.20.